The van der Waals surface area contributed by atoms with Gasteiger partial charge in [-0.3, -0.25) is 5.32 Å². The third-order valence-electron chi connectivity index (χ3n) is 6.28. The van der Waals surface area contributed by atoms with E-state index in [0.29, 0.717) is 31.5 Å². The summed E-state index contributed by atoms with van der Waals surface area (Å²) >= 11 is 0. The summed E-state index contributed by atoms with van der Waals surface area (Å²) in [5.74, 6) is 0.763. The molecule has 1 amide bonds. The van der Waals surface area contributed by atoms with E-state index in [1.54, 1.807) is 0 Å². The molecule has 0 unspecified atom stereocenters. The first-order valence-corrected chi connectivity index (χ1v) is 11.9. The lowest BCUT2D eigenvalue weighted by Gasteiger charge is -2.30. The van der Waals surface area contributed by atoms with Crippen LogP contribution >= 0.6 is 0 Å². The molecule has 1 saturated heterocycles. The zero-order chi connectivity index (χ0) is 23.7. The first-order chi connectivity index (χ1) is 16.5. The number of nitrogens with two attached hydrogens (primary N) is 1. The molecule has 3 N–H and O–H groups in total. The highest BCUT2D eigenvalue weighted by molar-refractivity contribution is 6.01. The lowest BCUT2D eigenvalue weighted by Crippen LogP contribution is -2.19. The van der Waals surface area contributed by atoms with E-state index in [1.807, 2.05) is 50.2 Å². The molecule has 1 saturated carbocycles. The van der Waals surface area contributed by atoms with E-state index >= 15 is 0 Å². The first kappa shape index (κ1) is 22.6. The molecular formula is C26H31N3O5. The molecule has 5 rings (SSSR count). The monoisotopic (exact) mass is 465 g/mol. The Morgan fingerprint density at radius 2 is 1.88 bits per heavy atom. The minimum atomic E-state index is -0.466. The molecule has 8 heteroatoms. The van der Waals surface area contributed by atoms with Gasteiger partial charge in [-0.1, -0.05) is 12.1 Å². The molecule has 8 nitrogen and oxygen atoms in total. The van der Waals surface area contributed by atoms with Gasteiger partial charge in [0.2, 0.25) is 0 Å². The van der Waals surface area contributed by atoms with Crippen LogP contribution in [0.25, 0.3) is 22.2 Å². The van der Waals surface area contributed by atoms with Crippen LogP contribution in [0.5, 0.6) is 5.75 Å². The lowest BCUT2D eigenvalue weighted by atomic mass is 9.92. The zero-order valence-electron chi connectivity index (χ0n) is 19.6. The van der Waals surface area contributed by atoms with E-state index in [0.717, 1.165) is 46.4 Å². The van der Waals surface area contributed by atoms with Crippen LogP contribution in [-0.2, 0) is 14.2 Å². The number of amides is 1. The molecule has 0 atom stereocenters. The molecule has 2 fully saturated rings. The second kappa shape index (κ2) is 9.56. The third kappa shape index (κ3) is 4.56. The highest BCUT2D eigenvalue weighted by Gasteiger charge is 2.27. The molecule has 1 aliphatic heterocycles. The van der Waals surface area contributed by atoms with Gasteiger partial charge >= 0.3 is 6.09 Å². The van der Waals surface area contributed by atoms with Gasteiger partial charge in [0.1, 0.15) is 12.4 Å². The Kier molecular flexibility index (Phi) is 6.34. The van der Waals surface area contributed by atoms with Crippen molar-refractivity contribution in [2.75, 3.05) is 30.9 Å². The molecule has 0 radical (unpaired) electrons. The highest BCUT2D eigenvalue weighted by atomic mass is 16.7. The second-order valence-electron chi connectivity index (χ2n) is 9.03. The smallest absolute Gasteiger partial charge is 0.411 e. The number of carbonyl (C=O) groups excluding carboxylic acids is 1. The van der Waals surface area contributed by atoms with E-state index < -0.39 is 6.09 Å². The Morgan fingerprint density at radius 3 is 2.53 bits per heavy atom. The van der Waals surface area contributed by atoms with Crippen LogP contribution in [0.15, 0.2) is 42.5 Å². The maximum absolute atomic E-state index is 11.9. The minimum absolute atomic E-state index is 0.177. The molecular weight excluding hydrogens is 434 g/mol. The van der Waals surface area contributed by atoms with Gasteiger partial charge < -0.3 is 29.2 Å². The predicted molar refractivity (Wildman–Crippen MR) is 131 cm³/mol. The van der Waals surface area contributed by atoms with E-state index in [2.05, 4.69) is 16.0 Å². The van der Waals surface area contributed by atoms with Gasteiger partial charge in [0.05, 0.1) is 36.2 Å². The third-order valence-corrected chi connectivity index (χ3v) is 6.28. The fourth-order valence-corrected chi connectivity index (χ4v) is 4.47. The number of hydrogen-bond donors (Lipinski definition) is 2. The number of benzene rings is 2. The average Bonchev–Trinajstić information content (AvgIpc) is 3.38. The molecule has 1 aromatic heterocycles. The van der Waals surface area contributed by atoms with Gasteiger partial charge in [0.25, 0.3) is 0 Å². The van der Waals surface area contributed by atoms with Crippen molar-refractivity contribution in [3.63, 3.8) is 0 Å². The van der Waals surface area contributed by atoms with E-state index in [-0.39, 0.29) is 12.4 Å². The van der Waals surface area contributed by atoms with Gasteiger partial charge in [-0.05, 0) is 57.4 Å². The number of carbonyl (C=O) groups is 1. The van der Waals surface area contributed by atoms with Crippen LogP contribution in [0.4, 0.5) is 16.2 Å². The SMILES string of the molecule is CC(C)OC(=O)Nc1ccc(-c2c(N)c3ccc(OCC4OCCO4)cc3n2C2CCC2)cc1. The summed E-state index contributed by atoms with van der Waals surface area (Å²) in [5, 5.41) is 3.77. The van der Waals surface area contributed by atoms with Crippen LogP contribution in [0.3, 0.4) is 0 Å². The van der Waals surface area contributed by atoms with Crippen LogP contribution < -0.4 is 15.8 Å². The summed E-state index contributed by atoms with van der Waals surface area (Å²) in [5.41, 5.74) is 11.2. The van der Waals surface area contributed by atoms with Crippen molar-refractivity contribution in [3.8, 4) is 17.0 Å². The quantitative estimate of drug-likeness (QED) is 0.490. The number of anilines is 2. The van der Waals surface area contributed by atoms with E-state index in [4.69, 9.17) is 24.7 Å². The number of fused-ring (bicyclic) bond motifs is 1. The predicted octanol–water partition coefficient (Wildman–Crippen LogP) is 5.32. The van der Waals surface area contributed by atoms with Crippen LogP contribution in [0, 0.1) is 0 Å². The number of aromatic nitrogens is 1. The second-order valence-corrected chi connectivity index (χ2v) is 9.03. The normalized spacial score (nSPS) is 16.7. The van der Waals surface area contributed by atoms with Crippen molar-refractivity contribution in [2.24, 2.45) is 0 Å². The number of ether oxygens (including phenoxy) is 4. The minimum Gasteiger partial charge on any atom is -0.488 e. The molecule has 3 aromatic rings. The zero-order valence-corrected chi connectivity index (χ0v) is 19.6. The van der Waals surface area contributed by atoms with Gasteiger partial charge in [-0.15, -0.1) is 0 Å². The largest absolute Gasteiger partial charge is 0.488 e. The Bertz CT molecular complexity index is 1160. The number of rotatable bonds is 7. The first-order valence-electron chi connectivity index (χ1n) is 11.9. The number of hydrogen-bond acceptors (Lipinski definition) is 6. The summed E-state index contributed by atoms with van der Waals surface area (Å²) in [6, 6.07) is 14.1. The molecule has 1 aliphatic carbocycles. The molecule has 0 spiro atoms. The maximum Gasteiger partial charge on any atom is 0.411 e. The van der Waals surface area contributed by atoms with Gasteiger partial charge in [0, 0.05) is 28.7 Å². The van der Waals surface area contributed by atoms with E-state index in [1.165, 1.54) is 6.42 Å². The lowest BCUT2D eigenvalue weighted by molar-refractivity contribution is -0.0683. The van der Waals surface area contributed by atoms with Crippen molar-refractivity contribution in [2.45, 2.75) is 51.5 Å². The number of nitrogens with zero attached hydrogens (tertiary/aromatic N) is 1. The Labute approximate surface area is 198 Å². The summed E-state index contributed by atoms with van der Waals surface area (Å²) in [4.78, 5) is 11.9. The van der Waals surface area contributed by atoms with Crippen LogP contribution in [-0.4, -0.2) is 42.9 Å². The number of nitrogens with one attached hydrogen (secondary N) is 1. The van der Waals surface area contributed by atoms with Gasteiger partial charge in [-0.25, -0.2) is 4.79 Å². The molecule has 34 heavy (non-hydrogen) atoms. The molecule has 2 aliphatic rings. The highest BCUT2D eigenvalue weighted by Crippen LogP contribution is 2.45. The molecule has 180 valence electrons. The average molecular weight is 466 g/mol. The van der Waals surface area contributed by atoms with Crippen molar-refractivity contribution >= 4 is 28.4 Å². The number of nitrogen functional groups attached to an aromatic ring is 1. The van der Waals surface area contributed by atoms with Crippen molar-refractivity contribution in [3.05, 3.63) is 42.5 Å². The van der Waals surface area contributed by atoms with Crippen LogP contribution in [0.1, 0.15) is 39.2 Å². The molecule has 2 heterocycles. The Hall–Kier alpha value is -3.23. The van der Waals surface area contributed by atoms with Gasteiger partial charge in [-0.2, -0.15) is 0 Å². The van der Waals surface area contributed by atoms with Gasteiger partial charge in [0.15, 0.2) is 6.29 Å². The maximum atomic E-state index is 11.9. The van der Waals surface area contributed by atoms with Crippen molar-refractivity contribution in [1.82, 2.24) is 4.57 Å². The summed E-state index contributed by atoms with van der Waals surface area (Å²) in [6.45, 7) is 5.19. The fraction of sp³-hybridized carbons (Fsp3) is 0.423. The standard InChI is InChI=1S/C26H31N3O5/c1-16(2)34-26(30)28-18-8-6-17(7-9-18)25-24(27)21-11-10-20(33-15-23-31-12-13-32-23)14-22(21)29(25)19-4-3-5-19/h6-11,14,16,19,23H,3-5,12-13,15,27H2,1-2H3,(H,28,30). The Balaban J connectivity index is 1.45. The van der Waals surface area contributed by atoms with Crippen LogP contribution in [0.2, 0.25) is 0 Å². The molecule has 2 aromatic carbocycles. The summed E-state index contributed by atoms with van der Waals surface area (Å²) in [7, 11) is 0. The van der Waals surface area contributed by atoms with Crippen molar-refractivity contribution in [1.29, 1.82) is 0 Å². The topological polar surface area (TPSA) is 97.0 Å². The van der Waals surface area contributed by atoms with E-state index in [9.17, 15) is 4.79 Å². The Morgan fingerprint density at radius 1 is 1.15 bits per heavy atom. The molecule has 0 bridgehead atoms. The fourth-order valence-electron chi connectivity index (χ4n) is 4.47. The van der Waals surface area contributed by atoms with Crippen molar-refractivity contribution < 1.29 is 23.7 Å². The summed E-state index contributed by atoms with van der Waals surface area (Å²) in [6.07, 6.45) is 2.48. The summed E-state index contributed by atoms with van der Waals surface area (Å²) < 4.78 is 24.4.